The topological polar surface area (TPSA) is 63.6 Å². The van der Waals surface area contributed by atoms with Gasteiger partial charge in [-0.05, 0) is 43.7 Å². The zero-order valence-electron chi connectivity index (χ0n) is 19.3. The van der Waals surface area contributed by atoms with Gasteiger partial charge in [-0.2, -0.15) is 0 Å². The molecule has 2 aromatic heterocycles. The average molecular weight is 434 g/mol. The second-order valence-electron chi connectivity index (χ2n) is 8.20. The van der Waals surface area contributed by atoms with Crippen molar-refractivity contribution in [2.24, 2.45) is 0 Å². The Bertz CT molecular complexity index is 1020. The quantitative estimate of drug-likeness (QED) is 0.549. The molecule has 3 heterocycles. The number of hydrogen-bond donors (Lipinski definition) is 0. The summed E-state index contributed by atoms with van der Waals surface area (Å²) < 4.78 is 11.4. The number of anilines is 1. The minimum atomic E-state index is 0.150. The van der Waals surface area contributed by atoms with E-state index in [0.29, 0.717) is 5.95 Å². The highest BCUT2D eigenvalue weighted by molar-refractivity contribution is 5.78. The molecule has 1 aliphatic rings. The summed E-state index contributed by atoms with van der Waals surface area (Å²) in [5.74, 6) is 2.19. The molecule has 0 unspecified atom stereocenters. The Balaban J connectivity index is 1.84. The van der Waals surface area contributed by atoms with Crippen LogP contribution in [-0.2, 0) is 6.54 Å². The summed E-state index contributed by atoms with van der Waals surface area (Å²) in [6, 6.07) is 12.1. The predicted octanol–water partition coefficient (Wildman–Crippen LogP) is 4.35. The van der Waals surface area contributed by atoms with Crippen molar-refractivity contribution in [1.29, 1.82) is 0 Å². The van der Waals surface area contributed by atoms with E-state index in [4.69, 9.17) is 14.5 Å². The zero-order chi connectivity index (χ0) is 22.5. The summed E-state index contributed by atoms with van der Waals surface area (Å²) in [7, 11) is 7.30. The Morgan fingerprint density at radius 1 is 1.00 bits per heavy atom. The third-order valence-corrected chi connectivity index (χ3v) is 5.92. The van der Waals surface area contributed by atoms with E-state index in [-0.39, 0.29) is 6.04 Å². The van der Waals surface area contributed by atoms with Gasteiger partial charge in [0, 0.05) is 38.6 Å². The number of benzene rings is 1. The maximum atomic E-state index is 5.72. The largest absolute Gasteiger partial charge is 0.496 e. The number of likely N-dealkylation sites (tertiary alicyclic amines) is 1. The minimum absolute atomic E-state index is 0.150. The molecule has 0 amide bonds. The fourth-order valence-corrected chi connectivity index (χ4v) is 4.35. The number of nitrogens with zero attached hydrogens (tertiary/aromatic N) is 5. The smallest absolute Gasteiger partial charge is 0.225 e. The van der Waals surface area contributed by atoms with Crippen LogP contribution in [0, 0.1) is 0 Å². The molecule has 0 bridgehead atoms. The molecule has 0 spiro atoms. The molecular formula is C25H31N5O2. The normalized spacial score (nSPS) is 16.6. The molecule has 32 heavy (non-hydrogen) atoms. The Labute approximate surface area is 190 Å². The van der Waals surface area contributed by atoms with E-state index in [1.165, 1.54) is 6.42 Å². The summed E-state index contributed by atoms with van der Waals surface area (Å²) in [6.07, 6.45) is 7.12. The number of aromatic nitrogens is 3. The maximum Gasteiger partial charge on any atom is 0.225 e. The van der Waals surface area contributed by atoms with Crippen LogP contribution in [0.15, 0.2) is 48.8 Å². The lowest BCUT2D eigenvalue weighted by Gasteiger charge is -2.36. The summed E-state index contributed by atoms with van der Waals surface area (Å²) in [4.78, 5) is 18.7. The summed E-state index contributed by atoms with van der Waals surface area (Å²) >= 11 is 0. The highest BCUT2D eigenvalue weighted by atomic mass is 16.5. The monoisotopic (exact) mass is 433 g/mol. The third-order valence-electron chi connectivity index (χ3n) is 5.92. The van der Waals surface area contributed by atoms with Gasteiger partial charge in [0.25, 0.3) is 0 Å². The van der Waals surface area contributed by atoms with Crippen molar-refractivity contribution in [1.82, 2.24) is 19.9 Å². The molecule has 1 aliphatic heterocycles. The third kappa shape index (κ3) is 4.53. The molecule has 1 fully saturated rings. The van der Waals surface area contributed by atoms with Gasteiger partial charge in [-0.1, -0.05) is 18.6 Å². The van der Waals surface area contributed by atoms with Crippen molar-refractivity contribution in [2.45, 2.75) is 31.8 Å². The molecule has 0 radical (unpaired) electrons. The van der Waals surface area contributed by atoms with Crippen molar-refractivity contribution < 1.29 is 9.47 Å². The van der Waals surface area contributed by atoms with Gasteiger partial charge in [0.05, 0.1) is 37.2 Å². The van der Waals surface area contributed by atoms with Gasteiger partial charge in [-0.3, -0.25) is 9.88 Å². The van der Waals surface area contributed by atoms with Crippen LogP contribution in [0.25, 0.3) is 11.1 Å². The van der Waals surface area contributed by atoms with Gasteiger partial charge in [0.2, 0.25) is 5.95 Å². The lowest BCUT2D eigenvalue weighted by Crippen LogP contribution is -2.34. The number of pyridine rings is 1. The van der Waals surface area contributed by atoms with Crippen LogP contribution < -0.4 is 14.4 Å². The van der Waals surface area contributed by atoms with Gasteiger partial charge in [-0.25, -0.2) is 9.97 Å². The first kappa shape index (κ1) is 22.0. The van der Waals surface area contributed by atoms with Crippen LogP contribution >= 0.6 is 0 Å². The first-order valence-electron chi connectivity index (χ1n) is 11.0. The van der Waals surface area contributed by atoms with Gasteiger partial charge in [-0.15, -0.1) is 0 Å². The van der Waals surface area contributed by atoms with Crippen molar-refractivity contribution in [3.05, 3.63) is 60.2 Å². The van der Waals surface area contributed by atoms with Crippen LogP contribution in [0.1, 0.15) is 36.7 Å². The molecule has 0 N–H and O–H groups in total. The molecule has 168 valence electrons. The predicted molar refractivity (Wildman–Crippen MR) is 126 cm³/mol. The van der Waals surface area contributed by atoms with Crippen LogP contribution in [0.5, 0.6) is 11.5 Å². The van der Waals surface area contributed by atoms with Crippen LogP contribution in [-0.4, -0.2) is 54.7 Å². The standard InChI is InChI=1S/C25H31N5O2/c1-29(2)25-27-16-19(23-21(31-3)12-9-13-22(23)32-4)24(28-25)20-11-6-8-15-30(20)17-18-10-5-7-14-26-18/h5,7,9-10,12-14,16,20H,6,8,11,15,17H2,1-4H3/t20-/m1/s1. The Hall–Kier alpha value is -3.19. The Morgan fingerprint density at radius 2 is 1.78 bits per heavy atom. The van der Waals surface area contributed by atoms with E-state index < -0.39 is 0 Å². The van der Waals surface area contributed by atoms with E-state index in [2.05, 4.69) is 20.9 Å². The lowest BCUT2D eigenvalue weighted by molar-refractivity contribution is 0.136. The van der Waals surface area contributed by atoms with E-state index in [1.54, 1.807) is 14.2 Å². The van der Waals surface area contributed by atoms with E-state index in [0.717, 1.165) is 59.9 Å². The maximum absolute atomic E-state index is 5.72. The number of rotatable bonds is 7. The average Bonchev–Trinajstić information content (AvgIpc) is 2.84. The molecule has 3 aromatic rings. The van der Waals surface area contributed by atoms with Crippen molar-refractivity contribution in [3.63, 3.8) is 0 Å². The van der Waals surface area contributed by atoms with E-state index >= 15 is 0 Å². The lowest BCUT2D eigenvalue weighted by atomic mass is 9.93. The second-order valence-corrected chi connectivity index (χ2v) is 8.20. The van der Waals surface area contributed by atoms with E-state index in [9.17, 15) is 0 Å². The fourth-order valence-electron chi connectivity index (χ4n) is 4.35. The minimum Gasteiger partial charge on any atom is -0.496 e. The molecular weight excluding hydrogens is 402 g/mol. The molecule has 4 rings (SSSR count). The van der Waals surface area contributed by atoms with Crippen LogP contribution in [0.2, 0.25) is 0 Å². The molecule has 1 saturated heterocycles. The first-order valence-corrected chi connectivity index (χ1v) is 11.0. The van der Waals surface area contributed by atoms with Crippen molar-refractivity contribution >= 4 is 5.95 Å². The molecule has 0 aliphatic carbocycles. The second kappa shape index (κ2) is 9.96. The molecule has 0 saturated carbocycles. The highest BCUT2D eigenvalue weighted by Crippen LogP contribution is 2.43. The summed E-state index contributed by atoms with van der Waals surface area (Å²) in [5.41, 5.74) is 3.91. The number of methoxy groups -OCH3 is 2. The van der Waals surface area contributed by atoms with Crippen LogP contribution in [0.3, 0.4) is 0 Å². The molecule has 1 aromatic carbocycles. The van der Waals surface area contributed by atoms with Crippen molar-refractivity contribution in [3.8, 4) is 22.6 Å². The Morgan fingerprint density at radius 3 is 2.44 bits per heavy atom. The van der Waals surface area contributed by atoms with Gasteiger partial charge < -0.3 is 14.4 Å². The number of hydrogen-bond acceptors (Lipinski definition) is 7. The summed E-state index contributed by atoms with van der Waals surface area (Å²) in [6.45, 7) is 1.79. The summed E-state index contributed by atoms with van der Waals surface area (Å²) in [5, 5.41) is 0. The van der Waals surface area contributed by atoms with Crippen molar-refractivity contribution in [2.75, 3.05) is 39.8 Å². The molecule has 1 atom stereocenters. The SMILES string of the molecule is COc1cccc(OC)c1-c1cnc(N(C)C)nc1[C@H]1CCCCN1Cc1ccccn1. The van der Waals surface area contributed by atoms with Gasteiger partial charge in [0.15, 0.2) is 0 Å². The molecule has 7 heteroatoms. The Kier molecular flexibility index (Phi) is 6.85. The first-order chi connectivity index (χ1) is 15.6. The number of piperidine rings is 1. The van der Waals surface area contributed by atoms with Gasteiger partial charge >= 0.3 is 0 Å². The van der Waals surface area contributed by atoms with Crippen LogP contribution in [0.4, 0.5) is 5.95 Å². The molecule has 7 nitrogen and oxygen atoms in total. The number of ether oxygens (including phenoxy) is 2. The zero-order valence-corrected chi connectivity index (χ0v) is 19.3. The highest BCUT2D eigenvalue weighted by Gasteiger charge is 2.30. The van der Waals surface area contributed by atoms with Gasteiger partial charge in [0.1, 0.15) is 11.5 Å². The van der Waals surface area contributed by atoms with E-state index in [1.807, 2.05) is 61.7 Å². The fraction of sp³-hybridized carbons (Fsp3) is 0.400.